The van der Waals surface area contributed by atoms with Crippen LogP contribution in [0.5, 0.6) is 11.5 Å². The van der Waals surface area contributed by atoms with Crippen molar-refractivity contribution in [1.29, 1.82) is 0 Å². The number of hydrogen-bond donors (Lipinski definition) is 1. The van der Waals surface area contributed by atoms with Crippen molar-refractivity contribution in [3.63, 3.8) is 0 Å². The predicted molar refractivity (Wildman–Crippen MR) is 101 cm³/mol. The first kappa shape index (κ1) is 18.2. The van der Waals surface area contributed by atoms with Crippen LogP contribution < -0.4 is 19.9 Å². The van der Waals surface area contributed by atoms with Gasteiger partial charge in [0.15, 0.2) is 11.5 Å². The van der Waals surface area contributed by atoms with Crippen molar-refractivity contribution >= 4 is 22.3 Å². The molecule has 3 aromatic rings. The quantitative estimate of drug-likeness (QED) is 0.524. The molecule has 1 N–H and O–H groups in total. The van der Waals surface area contributed by atoms with E-state index in [1.807, 2.05) is 12.1 Å². The number of nitro benzene ring substituents is 1. The molecule has 2 aromatic carbocycles. The van der Waals surface area contributed by atoms with Gasteiger partial charge in [0.2, 0.25) is 0 Å². The lowest BCUT2D eigenvalue weighted by molar-refractivity contribution is -0.384. The number of fused-ring (bicyclic) bond motifs is 1. The molecule has 1 heterocycles. The van der Waals surface area contributed by atoms with Crippen molar-refractivity contribution in [2.45, 2.75) is 6.54 Å². The van der Waals surface area contributed by atoms with Crippen LogP contribution in [0.2, 0.25) is 0 Å². The molecule has 9 nitrogen and oxygen atoms in total. The fourth-order valence-corrected chi connectivity index (χ4v) is 2.96. The van der Waals surface area contributed by atoms with Gasteiger partial charge in [-0.1, -0.05) is 12.1 Å². The molecule has 0 amide bonds. The van der Waals surface area contributed by atoms with E-state index < -0.39 is 10.5 Å². The van der Waals surface area contributed by atoms with Crippen LogP contribution in [-0.4, -0.2) is 36.2 Å². The number of aromatic amines is 1. The second-order valence-electron chi connectivity index (χ2n) is 5.86. The van der Waals surface area contributed by atoms with Crippen molar-refractivity contribution < 1.29 is 14.4 Å². The van der Waals surface area contributed by atoms with Crippen molar-refractivity contribution in [2.75, 3.05) is 26.2 Å². The number of hydrogen-bond acceptors (Lipinski definition) is 7. The van der Waals surface area contributed by atoms with Crippen LogP contribution in [0.4, 0.5) is 11.4 Å². The molecule has 27 heavy (non-hydrogen) atoms. The molecule has 9 heteroatoms. The van der Waals surface area contributed by atoms with E-state index in [1.54, 1.807) is 25.1 Å². The summed E-state index contributed by atoms with van der Waals surface area (Å²) in [7, 11) is 4.80. The van der Waals surface area contributed by atoms with Crippen LogP contribution >= 0.6 is 0 Å². The first-order chi connectivity index (χ1) is 13.0. The lowest BCUT2D eigenvalue weighted by atomic mass is 10.1. The highest BCUT2D eigenvalue weighted by molar-refractivity contribution is 5.86. The number of nitrogens with one attached hydrogen (secondary N) is 1. The number of rotatable bonds is 6. The molecule has 3 rings (SSSR count). The first-order valence-corrected chi connectivity index (χ1v) is 8.03. The molecule has 0 saturated heterocycles. The van der Waals surface area contributed by atoms with E-state index in [0.29, 0.717) is 29.2 Å². The van der Waals surface area contributed by atoms with Crippen molar-refractivity contribution in [3.8, 4) is 11.5 Å². The number of aromatic nitrogens is 2. The highest BCUT2D eigenvalue weighted by Gasteiger charge is 2.21. The Bertz CT molecular complexity index is 1060. The van der Waals surface area contributed by atoms with E-state index >= 15 is 0 Å². The third-order valence-corrected chi connectivity index (χ3v) is 4.24. The minimum atomic E-state index is -0.513. The third-order valence-electron chi connectivity index (χ3n) is 4.24. The summed E-state index contributed by atoms with van der Waals surface area (Å²) in [6, 6.07) is 8.23. The first-order valence-electron chi connectivity index (χ1n) is 8.03. The Morgan fingerprint density at radius 1 is 1.26 bits per heavy atom. The number of nitro groups is 1. The lowest BCUT2D eigenvalue weighted by Gasteiger charge is -2.21. The predicted octanol–water partition coefficient (Wildman–Crippen LogP) is 2.48. The van der Waals surface area contributed by atoms with Crippen LogP contribution in [0.3, 0.4) is 0 Å². The Kier molecular flexibility index (Phi) is 4.93. The van der Waals surface area contributed by atoms with Crippen LogP contribution in [0, 0.1) is 10.1 Å². The van der Waals surface area contributed by atoms with Crippen LogP contribution in [0.15, 0.2) is 41.5 Å². The fraction of sp³-hybridized carbons (Fsp3) is 0.222. The number of anilines is 1. The summed E-state index contributed by atoms with van der Waals surface area (Å²) in [6.07, 6.45) is 1.27. The highest BCUT2D eigenvalue weighted by Crippen LogP contribution is 2.35. The summed E-state index contributed by atoms with van der Waals surface area (Å²) < 4.78 is 10.7. The van der Waals surface area contributed by atoms with E-state index in [1.165, 1.54) is 25.6 Å². The van der Waals surface area contributed by atoms with E-state index in [9.17, 15) is 14.9 Å². The number of methoxy groups -OCH3 is 2. The molecule has 0 aliphatic carbocycles. The summed E-state index contributed by atoms with van der Waals surface area (Å²) in [5.41, 5.74) is 0.920. The van der Waals surface area contributed by atoms with E-state index in [-0.39, 0.29) is 11.1 Å². The summed E-state index contributed by atoms with van der Waals surface area (Å²) in [6.45, 7) is 0.329. The van der Waals surface area contributed by atoms with Crippen LogP contribution in [0.25, 0.3) is 10.9 Å². The zero-order valence-corrected chi connectivity index (χ0v) is 15.1. The maximum atomic E-state index is 11.9. The van der Waals surface area contributed by atoms with Gasteiger partial charge < -0.3 is 19.4 Å². The number of benzene rings is 2. The Morgan fingerprint density at radius 2 is 2.04 bits per heavy atom. The molecule has 0 radical (unpaired) electrons. The summed E-state index contributed by atoms with van der Waals surface area (Å²) in [5, 5.41) is 11.7. The number of para-hydroxylation sites is 1. The zero-order chi connectivity index (χ0) is 19.6. The topological polar surface area (TPSA) is 111 Å². The Balaban J connectivity index is 2.08. The SMILES string of the molecule is COc1cccc(CN(C)c2cc3nc[nH]c(=O)c3cc2[N+](=O)[O-])c1OC. The normalized spacial score (nSPS) is 10.6. The summed E-state index contributed by atoms with van der Waals surface area (Å²) in [4.78, 5) is 31.2. The molecule has 0 saturated carbocycles. The monoisotopic (exact) mass is 370 g/mol. The molecule has 0 aliphatic rings. The molecular formula is C18H18N4O5. The fourth-order valence-electron chi connectivity index (χ4n) is 2.96. The summed E-state index contributed by atoms with van der Waals surface area (Å²) >= 11 is 0. The van der Waals surface area contributed by atoms with Crippen molar-refractivity contribution in [3.05, 3.63) is 62.7 Å². The minimum Gasteiger partial charge on any atom is -0.493 e. The van der Waals surface area contributed by atoms with Crippen LogP contribution in [0.1, 0.15) is 5.56 Å². The molecule has 0 unspecified atom stereocenters. The standard InChI is InChI=1S/C18H18N4O5/c1-21(9-11-5-4-6-16(26-2)17(11)27-3)14-8-13-12(7-15(14)22(24)25)18(23)20-10-19-13/h4-8,10H,9H2,1-3H3,(H,19,20,23). The maximum absolute atomic E-state index is 11.9. The molecule has 0 bridgehead atoms. The van der Waals surface area contributed by atoms with E-state index in [0.717, 1.165) is 5.56 Å². The van der Waals surface area contributed by atoms with Gasteiger partial charge in [-0.05, 0) is 12.1 Å². The van der Waals surface area contributed by atoms with Gasteiger partial charge in [-0.25, -0.2) is 4.98 Å². The lowest BCUT2D eigenvalue weighted by Crippen LogP contribution is -2.19. The van der Waals surface area contributed by atoms with Gasteiger partial charge in [-0.15, -0.1) is 0 Å². The van der Waals surface area contributed by atoms with Gasteiger partial charge in [-0.3, -0.25) is 14.9 Å². The zero-order valence-electron chi connectivity index (χ0n) is 15.1. The van der Waals surface area contributed by atoms with Crippen molar-refractivity contribution in [1.82, 2.24) is 9.97 Å². The van der Waals surface area contributed by atoms with E-state index in [4.69, 9.17) is 9.47 Å². The van der Waals surface area contributed by atoms with Gasteiger partial charge >= 0.3 is 0 Å². The van der Waals surface area contributed by atoms with Gasteiger partial charge in [0.25, 0.3) is 11.2 Å². The molecule has 0 atom stereocenters. The third kappa shape index (κ3) is 3.39. The summed E-state index contributed by atoms with van der Waals surface area (Å²) in [5.74, 6) is 1.13. The number of H-pyrrole nitrogens is 1. The maximum Gasteiger partial charge on any atom is 0.293 e. The molecular weight excluding hydrogens is 352 g/mol. The van der Waals surface area contributed by atoms with Crippen molar-refractivity contribution in [2.24, 2.45) is 0 Å². The molecule has 1 aromatic heterocycles. The molecule has 140 valence electrons. The van der Waals surface area contributed by atoms with Crippen LogP contribution in [-0.2, 0) is 6.54 Å². The second kappa shape index (κ2) is 7.32. The average Bonchev–Trinajstić information content (AvgIpc) is 2.67. The Hall–Kier alpha value is -3.62. The second-order valence-corrected chi connectivity index (χ2v) is 5.86. The number of nitrogens with zero attached hydrogens (tertiary/aromatic N) is 3. The molecule has 0 aliphatic heterocycles. The Labute approximate surface area is 154 Å². The smallest absolute Gasteiger partial charge is 0.293 e. The highest BCUT2D eigenvalue weighted by atomic mass is 16.6. The van der Waals surface area contributed by atoms with Gasteiger partial charge in [0.1, 0.15) is 5.69 Å². The molecule has 0 fully saturated rings. The van der Waals surface area contributed by atoms with Gasteiger partial charge in [0.05, 0.1) is 36.4 Å². The minimum absolute atomic E-state index is 0.167. The largest absolute Gasteiger partial charge is 0.493 e. The van der Waals surface area contributed by atoms with E-state index in [2.05, 4.69) is 9.97 Å². The Morgan fingerprint density at radius 3 is 2.70 bits per heavy atom. The van der Waals surface area contributed by atoms with Gasteiger partial charge in [-0.2, -0.15) is 0 Å². The van der Waals surface area contributed by atoms with Gasteiger partial charge in [0, 0.05) is 25.2 Å². The number of ether oxygens (including phenoxy) is 2. The average molecular weight is 370 g/mol. The molecule has 0 spiro atoms.